The Kier molecular flexibility index (Phi) is 4.88. The maximum Gasteiger partial charge on any atom is 0.274 e. The molecule has 0 bridgehead atoms. The third-order valence-corrected chi connectivity index (χ3v) is 3.81. The van der Waals surface area contributed by atoms with Crippen LogP contribution in [-0.2, 0) is 0 Å². The van der Waals surface area contributed by atoms with Gasteiger partial charge in [-0.2, -0.15) is 0 Å². The molecule has 2 N–H and O–H groups in total. The number of aromatic nitrogens is 2. The topological polar surface area (TPSA) is 66.9 Å². The molecule has 1 heterocycles. The Bertz CT molecular complexity index is 955. The van der Waals surface area contributed by atoms with Crippen LogP contribution >= 0.6 is 0 Å². The molecule has 0 aliphatic rings. The SMILES string of the molecule is Cc1cccc(C)c1NC(=O)c1cc(Nc2ccc(F)cc2F)ncn1. The zero-order valence-electron chi connectivity index (χ0n) is 14.2. The van der Waals surface area contributed by atoms with Crippen LogP contribution in [0.5, 0.6) is 0 Å². The number of hydrogen-bond acceptors (Lipinski definition) is 4. The van der Waals surface area contributed by atoms with Crippen LogP contribution in [0.15, 0.2) is 48.8 Å². The van der Waals surface area contributed by atoms with E-state index in [2.05, 4.69) is 20.6 Å². The molecule has 3 rings (SSSR count). The van der Waals surface area contributed by atoms with Gasteiger partial charge in [-0.1, -0.05) is 18.2 Å². The Balaban J connectivity index is 1.81. The maximum atomic E-state index is 13.7. The molecule has 0 radical (unpaired) electrons. The highest BCUT2D eigenvalue weighted by Crippen LogP contribution is 2.22. The van der Waals surface area contributed by atoms with Gasteiger partial charge in [0.05, 0.1) is 5.69 Å². The number of nitrogens with zero attached hydrogens (tertiary/aromatic N) is 2. The van der Waals surface area contributed by atoms with E-state index in [9.17, 15) is 13.6 Å². The van der Waals surface area contributed by atoms with Gasteiger partial charge in [0.15, 0.2) is 0 Å². The number of nitrogens with one attached hydrogen (secondary N) is 2. The number of carbonyl (C=O) groups is 1. The molecule has 5 nitrogen and oxygen atoms in total. The zero-order valence-corrected chi connectivity index (χ0v) is 14.2. The van der Waals surface area contributed by atoms with Crippen LogP contribution in [-0.4, -0.2) is 15.9 Å². The van der Waals surface area contributed by atoms with Gasteiger partial charge in [0.1, 0.15) is 29.5 Å². The summed E-state index contributed by atoms with van der Waals surface area (Å²) in [5.41, 5.74) is 2.74. The molecule has 0 spiro atoms. The van der Waals surface area contributed by atoms with E-state index in [1.54, 1.807) is 0 Å². The van der Waals surface area contributed by atoms with Gasteiger partial charge in [0.25, 0.3) is 5.91 Å². The van der Waals surface area contributed by atoms with Crippen LogP contribution < -0.4 is 10.6 Å². The van der Waals surface area contributed by atoms with E-state index in [0.29, 0.717) is 0 Å². The predicted molar refractivity (Wildman–Crippen MR) is 95.5 cm³/mol. The Labute approximate surface area is 149 Å². The highest BCUT2D eigenvalue weighted by molar-refractivity contribution is 6.04. The average molecular weight is 354 g/mol. The summed E-state index contributed by atoms with van der Waals surface area (Å²) in [6.45, 7) is 3.79. The second kappa shape index (κ2) is 7.26. The third kappa shape index (κ3) is 3.83. The first-order valence-electron chi connectivity index (χ1n) is 7.86. The van der Waals surface area contributed by atoms with Crippen LogP contribution in [0, 0.1) is 25.5 Å². The highest BCUT2D eigenvalue weighted by atomic mass is 19.1. The molecule has 7 heteroatoms. The number of carbonyl (C=O) groups excluding carboxylic acids is 1. The van der Waals surface area contributed by atoms with Crippen molar-refractivity contribution in [3.63, 3.8) is 0 Å². The molecular formula is C19H16F2N4O. The number of amides is 1. The van der Waals surface area contributed by atoms with Crippen LogP contribution in [0.4, 0.5) is 26.0 Å². The quantitative estimate of drug-likeness (QED) is 0.730. The lowest BCUT2D eigenvalue weighted by Crippen LogP contribution is -2.16. The maximum absolute atomic E-state index is 13.7. The van der Waals surface area contributed by atoms with Crippen molar-refractivity contribution >= 4 is 23.1 Å². The fourth-order valence-electron chi connectivity index (χ4n) is 2.47. The fraction of sp³-hybridized carbons (Fsp3) is 0.105. The van der Waals surface area contributed by atoms with Gasteiger partial charge in [-0.05, 0) is 37.1 Å². The van der Waals surface area contributed by atoms with Gasteiger partial charge in [-0.15, -0.1) is 0 Å². The van der Waals surface area contributed by atoms with Gasteiger partial charge >= 0.3 is 0 Å². The number of hydrogen-bond donors (Lipinski definition) is 2. The second-order valence-electron chi connectivity index (χ2n) is 5.76. The van der Waals surface area contributed by atoms with Gasteiger partial charge in [0, 0.05) is 17.8 Å². The summed E-state index contributed by atoms with van der Waals surface area (Å²) in [5, 5.41) is 5.53. The summed E-state index contributed by atoms with van der Waals surface area (Å²) in [6, 6.07) is 10.2. The molecule has 0 aliphatic carbocycles. The van der Waals surface area contributed by atoms with Crippen molar-refractivity contribution in [2.24, 2.45) is 0 Å². The molecular weight excluding hydrogens is 338 g/mol. The van der Waals surface area contributed by atoms with E-state index in [1.807, 2.05) is 32.0 Å². The Morgan fingerprint density at radius 2 is 1.73 bits per heavy atom. The van der Waals surface area contributed by atoms with Crippen molar-refractivity contribution in [2.75, 3.05) is 10.6 Å². The van der Waals surface area contributed by atoms with Gasteiger partial charge < -0.3 is 10.6 Å². The summed E-state index contributed by atoms with van der Waals surface area (Å²) in [6.07, 6.45) is 1.20. The molecule has 1 aromatic heterocycles. The largest absolute Gasteiger partial charge is 0.338 e. The number of para-hydroxylation sites is 1. The van der Waals surface area contributed by atoms with E-state index in [0.717, 1.165) is 28.9 Å². The smallest absolute Gasteiger partial charge is 0.274 e. The second-order valence-corrected chi connectivity index (χ2v) is 5.76. The average Bonchev–Trinajstić information content (AvgIpc) is 2.61. The molecule has 0 saturated carbocycles. The van der Waals surface area contributed by atoms with E-state index in [1.165, 1.54) is 18.5 Å². The number of benzene rings is 2. The van der Waals surface area contributed by atoms with Gasteiger partial charge in [0.2, 0.25) is 0 Å². The number of anilines is 3. The molecule has 0 aliphatic heterocycles. The summed E-state index contributed by atoms with van der Waals surface area (Å²) in [5.74, 6) is -1.63. The lowest BCUT2D eigenvalue weighted by atomic mass is 10.1. The van der Waals surface area contributed by atoms with Gasteiger partial charge in [-0.3, -0.25) is 4.79 Å². The van der Waals surface area contributed by atoms with E-state index < -0.39 is 17.5 Å². The van der Waals surface area contributed by atoms with Crippen molar-refractivity contribution < 1.29 is 13.6 Å². The molecule has 3 aromatic rings. The Morgan fingerprint density at radius 3 is 2.42 bits per heavy atom. The van der Waals surface area contributed by atoms with Crippen LogP contribution in [0.2, 0.25) is 0 Å². The zero-order chi connectivity index (χ0) is 18.7. The van der Waals surface area contributed by atoms with Crippen LogP contribution in [0.25, 0.3) is 0 Å². The molecule has 26 heavy (non-hydrogen) atoms. The standard InChI is InChI=1S/C19H16F2N4O/c1-11-4-3-5-12(2)18(11)25-19(26)16-9-17(23-10-22-16)24-15-7-6-13(20)8-14(15)21/h3-10H,1-2H3,(H,25,26)(H,22,23,24). The van der Waals surface area contributed by atoms with Crippen molar-refractivity contribution in [3.8, 4) is 0 Å². The summed E-state index contributed by atoms with van der Waals surface area (Å²) < 4.78 is 26.7. The van der Waals surface area contributed by atoms with Crippen LogP contribution in [0.3, 0.4) is 0 Å². The monoisotopic (exact) mass is 354 g/mol. The number of halogens is 2. The molecule has 0 saturated heterocycles. The lowest BCUT2D eigenvalue weighted by molar-refractivity contribution is 0.102. The van der Waals surface area contributed by atoms with E-state index >= 15 is 0 Å². The molecule has 0 unspecified atom stereocenters. The van der Waals surface area contributed by atoms with Crippen molar-refractivity contribution in [2.45, 2.75) is 13.8 Å². The first-order valence-corrected chi connectivity index (χ1v) is 7.86. The summed E-state index contributed by atoms with van der Waals surface area (Å²) in [4.78, 5) is 20.4. The lowest BCUT2D eigenvalue weighted by Gasteiger charge is -2.12. The summed E-state index contributed by atoms with van der Waals surface area (Å²) >= 11 is 0. The number of aryl methyl sites for hydroxylation is 2. The fourth-order valence-corrected chi connectivity index (χ4v) is 2.47. The van der Waals surface area contributed by atoms with Crippen molar-refractivity contribution in [1.29, 1.82) is 0 Å². The van der Waals surface area contributed by atoms with Crippen molar-refractivity contribution in [1.82, 2.24) is 9.97 Å². The predicted octanol–water partition coefficient (Wildman–Crippen LogP) is 4.37. The minimum Gasteiger partial charge on any atom is -0.338 e. The first-order chi connectivity index (χ1) is 12.4. The third-order valence-electron chi connectivity index (χ3n) is 3.81. The molecule has 132 valence electrons. The molecule has 0 fully saturated rings. The minimum absolute atomic E-state index is 0.0474. The van der Waals surface area contributed by atoms with E-state index in [-0.39, 0.29) is 17.2 Å². The Morgan fingerprint density at radius 1 is 1.00 bits per heavy atom. The van der Waals surface area contributed by atoms with E-state index in [4.69, 9.17) is 0 Å². The molecule has 0 atom stereocenters. The van der Waals surface area contributed by atoms with Crippen molar-refractivity contribution in [3.05, 3.63) is 77.2 Å². The number of rotatable bonds is 4. The highest BCUT2D eigenvalue weighted by Gasteiger charge is 2.13. The molecule has 2 aromatic carbocycles. The summed E-state index contributed by atoms with van der Waals surface area (Å²) in [7, 11) is 0. The van der Waals surface area contributed by atoms with Gasteiger partial charge in [-0.25, -0.2) is 18.7 Å². The Hall–Kier alpha value is -3.35. The molecule has 1 amide bonds. The minimum atomic E-state index is -0.759. The first kappa shape index (κ1) is 17.5. The normalized spacial score (nSPS) is 10.5. The van der Waals surface area contributed by atoms with Crippen LogP contribution in [0.1, 0.15) is 21.6 Å².